The Bertz CT molecular complexity index is 499. The molecule has 0 radical (unpaired) electrons. The number of aryl methyl sites for hydroxylation is 1. The van der Waals surface area contributed by atoms with Crippen molar-refractivity contribution in [2.75, 3.05) is 5.75 Å². The van der Waals surface area contributed by atoms with E-state index in [1.807, 2.05) is 34.9 Å². The van der Waals surface area contributed by atoms with Gasteiger partial charge in [0, 0.05) is 30.1 Å². The van der Waals surface area contributed by atoms with E-state index in [1.54, 1.807) is 6.20 Å². The third-order valence-corrected chi connectivity index (χ3v) is 3.98. The van der Waals surface area contributed by atoms with Crippen LogP contribution in [0.25, 0.3) is 0 Å². The summed E-state index contributed by atoms with van der Waals surface area (Å²) in [5.74, 6) is 2.76. The van der Waals surface area contributed by atoms with E-state index < -0.39 is 0 Å². The highest BCUT2D eigenvalue weighted by Crippen LogP contribution is 2.31. The number of thioether (sulfide) groups is 1. The fourth-order valence-corrected chi connectivity index (χ4v) is 2.55. The monoisotopic (exact) mass is 279 g/mol. The fourth-order valence-electron chi connectivity index (χ4n) is 1.65. The topological polar surface area (TPSA) is 43.9 Å². The first-order chi connectivity index (χ1) is 8.97. The zero-order valence-corrected chi connectivity index (χ0v) is 12.8. The summed E-state index contributed by atoms with van der Waals surface area (Å²) >= 11 is 1.83. The highest BCUT2D eigenvalue weighted by atomic mass is 32.2. The molecule has 0 amide bonds. The summed E-state index contributed by atoms with van der Waals surface area (Å²) in [6, 6.07) is 1.94. The van der Waals surface area contributed by atoms with Crippen molar-refractivity contribution in [3.05, 3.63) is 36.3 Å². The maximum atomic E-state index is 5.84. The first-order valence-corrected chi connectivity index (χ1v) is 7.57. The van der Waals surface area contributed by atoms with Gasteiger partial charge in [0.1, 0.15) is 5.76 Å². The van der Waals surface area contributed by atoms with Gasteiger partial charge >= 0.3 is 0 Å². The highest BCUT2D eigenvalue weighted by molar-refractivity contribution is 7.99. The third kappa shape index (κ3) is 3.86. The molecule has 0 saturated heterocycles. The summed E-state index contributed by atoms with van der Waals surface area (Å²) < 4.78 is 7.78. The molecule has 0 aliphatic heterocycles. The SMILES string of the molecule is C[C@@H](SCCn1cccn1)c1ncc(C(C)(C)C)o1. The third-order valence-electron chi connectivity index (χ3n) is 2.86. The minimum Gasteiger partial charge on any atom is -0.444 e. The molecule has 0 aliphatic rings. The molecule has 2 rings (SSSR count). The van der Waals surface area contributed by atoms with E-state index in [0.717, 1.165) is 23.9 Å². The molecule has 0 N–H and O–H groups in total. The van der Waals surface area contributed by atoms with Crippen molar-refractivity contribution in [2.45, 2.75) is 44.9 Å². The van der Waals surface area contributed by atoms with E-state index in [1.165, 1.54) is 0 Å². The molecule has 5 heteroatoms. The van der Waals surface area contributed by atoms with Crippen molar-refractivity contribution in [2.24, 2.45) is 0 Å². The Hall–Kier alpha value is -1.23. The lowest BCUT2D eigenvalue weighted by Crippen LogP contribution is -2.09. The van der Waals surface area contributed by atoms with Gasteiger partial charge < -0.3 is 4.42 Å². The van der Waals surface area contributed by atoms with Gasteiger partial charge in [-0.1, -0.05) is 20.8 Å². The molecule has 104 valence electrons. The van der Waals surface area contributed by atoms with Gasteiger partial charge in [0.15, 0.2) is 0 Å². The summed E-state index contributed by atoms with van der Waals surface area (Å²) in [4.78, 5) is 4.39. The molecule has 19 heavy (non-hydrogen) atoms. The van der Waals surface area contributed by atoms with Crippen LogP contribution in [-0.2, 0) is 12.0 Å². The number of oxazole rings is 1. The minimum absolute atomic E-state index is 0.0185. The average Bonchev–Trinajstić information content (AvgIpc) is 2.99. The molecule has 0 spiro atoms. The molecule has 0 aromatic carbocycles. The minimum atomic E-state index is 0.0185. The number of rotatable bonds is 5. The fraction of sp³-hybridized carbons (Fsp3) is 0.571. The molecular formula is C14H21N3OS. The Labute approximate surface area is 118 Å². The van der Waals surface area contributed by atoms with Crippen LogP contribution >= 0.6 is 11.8 Å². The molecule has 0 fully saturated rings. The Balaban J connectivity index is 1.86. The van der Waals surface area contributed by atoms with Crippen molar-refractivity contribution in [3.8, 4) is 0 Å². The average molecular weight is 279 g/mol. The van der Waals surface area contributed by atoms with Gasteiger partial charge in [-0.15, -0.1) is 11.8 Å². The molecule has 0 bridgehead atoms. The van der Waals surface area contributed by atoms with E-state index >= 15 is 0 Å². The van der Waals surface area contributed by atoms with E-state index in [0.29, 0.717) is 0 Å². The Morgan fingerprint density at radius 2 is 2.21 bits per heavy atom. The van der Waals surface area contributed by atoms with E-state index in [9.17, 15) is 0 Å². The molecular weight excluding hydrogens is 258 g/mol. The maximum absolute atomic E-state index is 5.84. The summed E-state index contributed by atoms with van der Waals surface area (Å²) in [5.41, 5.74) is 0.0185. The van der Waals surface area contributed by atoms with Crippen LogP contribution in [0, 0.1) is 0 Å². The largest absolute Gasteiger partial charge is 0.444 e. The maximum Gasteiger partial charge on any atom is 0.207 e. The Kier molecular flexibility index (Phi) is 4.34. The quantitative estimate of drug-likeness (QED) is 0.837. The van der Waals surface area contributed by atoms with Crippen LogP contribution in [0.5, 0.6) is 0 Å². The standard InChI is InChI=1S/C14H21N3OS/c1-11(19-9-8-17-7-5-6-16-17)13-15-10-12(18-13)14(2,3)4/h5-7,10-11H,8-9H2,1-4H3/t11-/m1/s1. The lowest BCUT2D eigenvalue weighted by Gasteiger charge is -2.14. The summed E-state index contributed by atoms with van der Waals surface area (Å²) in [5, 5.41) is 4.46. The van der Waals surface area contributed by atoms with Crippen molar-refractivity contribution in [1.82, 2.24) is 14.8 Å². The molecule has 0 saturated carbocycles. The lowest BCUT2D eigenvalue weighted by molar-refractivity contribution is 0.383. The smallest absolute Gasteiger partial charge is 0.207 e. The highest BCUT2D eigenvalue weighted by Gasteiger charge is 2.21. The van der Waals surface area contributed by atoms with E-state index in [-0.39, 0.29) is 10.7 Å². The number of hydrogen-bond acceptors (Lipinski definition) is 4. The van der Waals surface area contributed by atoms with Crippen molar-refractivity contribution >= 4 is 11.8 Å². The molecule has 4 nitrogen and oxygen atoms in total. The van der Waals surface area contributed by atoms with Crippen LogP contribution in [0.4, 0.5) is 0 Å². The van der Waals surface area contributed by atoms with Gasteiger partial charge in [-0.2, -0.15) is 5.10 Å². The number of nitrogens with zero attached hydrogens (tertiary/aromatic N) is 3. The summed E-state index contributed by atoms with van der Waals surface area (Å²) in [6.07, 6.45) is 5.63. The molecule has 0 aliphatic carbocycles. The van der Waals surface area contributed by atoms with E-state index in [4.69, 9.17) is 4.42 Å². The van der Waals surface area contributed by atoms with Crippen LogP contribution in [0.2, 0.25) is 0 Å². The van der Waals surface area contributed by atoms with Gasteiger partial charge in [0.05, 0.1) is 11.4 Å². The van der Waals surface area contributed by atoms with E-state index in [2.05, 4.69) is 37.8 Å². The van der Waals surface area contributed by atoms with Crippen LogP contribution < -0.4 is 0 Å². The number of hydrogen-bond donors (Lipinski definition) is 0. The van der Waals surface area contributed by atoms with Crippen molar-refractivity contribution in [1.29, 1.82) is 0 Å². The Morgan fingerprint density at radius 3 is 2.79 bits per heavy atom. The molecule has 0 unspecified atom stereocenters. The molecule has 2 heterocycles. The summed E-state index contributed by atoms with van der Waals surface area (Å²) in [7, 11) is 0. The van der Waals surface area contributed by atoms with Crippen LogP contribution in [0.3, 0.4) is 0 Å². The molecule has 2 aromatic rings. The van der Waals surface area contributed by atoms with Crippen molar-refractivity contribution in [3.63, 3.8) is 0 Å². The van der Waals surface area contributed by atoms with Gasteiger partial charge in [-0.05, 0) is 13.0 Å². The second-order valence-electron chi connectivity index (χ2n) is 5.59. The second kappa shape index (κ2) is 5.82. The number of aromatic nitrogens is 3. The van der Waals surface area contributed by atoms with Gasteiger partial charge in [-0.3, -0.25) is 4.68 Å². The van der Waals surface area contributed by atoms with Gasteiger partial charge in [0.25, 0.3) is 0 Å². The predicted molar refractivity (Wildman–Crippen MR) is 78.3 cm³/mol. The van der Waals surface area contributed by atoms with Crippen LogP contribution in [0.15, 0.2) is 29.1 Å². The van der Waals surface area contributed by atoms with Crippen LogP contribution in [0.1, 0.15) is 44.6 Å². The zero-order valence-electron chi connectivity index (χ0n) is 12.0. The van der Waals surface area contributed by atoms with Gasteiger partial charge in [0.2, 0.25) is 5.89 Å². The van der Waals surface area contributed by atoms with Crippen LogP contribution in [-0.4, -0.2) is 20.5 Å². The lowest BCUT2D eigenvalue weighted by atomic mass is 9.94. The van der Waals surface area contributed by atoms with Crippen molar-refractivity contribution < 1.29 is 4.42 Å². The molecule has 2 aromatic heterocycles. The Morgan fingerprint density at radius 1 is 1.42 bits per heavy atom. The normalized spacial score (nSPS) is 13.7. The molecule has 1 atom stereocenters. The zero-order chi connectivity index (χ0) is 13.9. The summed E-state index contributed by atoms with van der Waals surface area (Å²) in [6.45, 7) is 9.44. The first kappa shape index (κ1) is 14.2. The first-order valence-electron chi connectivity index (χ1n) is 6.52. The second-order valence-corrected chi connectivity index (χ2v) is 7.04. The predicted octanol–water partition coefficient (Wildman–Crippen LogP) is 3.66. The van der Waals surface area contributed by atoms with Gasteiger partial charge in [-0.25, -0.2) is 4.98 Å².